The quantitative estimate of drug-likeness (QED) is 0.926. The van der Waals surface area contributed by atoms with Gasteiger partial charge in [0, 0.05) is 11.7 Å². The summed E-state index contributed by atoms with van der Waals surface area (Å²) in [5, 5.41) is 3.51. The summed E-state index contributed by atoms with van der Waals surface area (Å²) in [5.74, 6) is 0.862. The molecule has 1 amide bonds. The minimum Gasteiger partial charge on any atom is -0.497 e. The van der Waals surface area contributed by atoms with E-state index in [9.17, 15) is 4.79 Å². The molecule has 1 heterocycles. The number of amides is 1. The van der Waals surface area contributed by atoms with E-state index in [4.69, 9.17) is 4.74 Å². The molecule has 3 rings (SSSR count). The lowest BCUT2D eigenvalue weighted by Gasteiger charge is -2.41. The number of hydrogen-bond donors (Lipinski definition) is 1. The molecule has 1 aliphatic rings. The van der Waals surface area contributed by atoms with Gasteiger partial charge >= 0.3 is 0 Å². The fraction of sp³-hybridized carbons (Fsp3) is 0.316. The first kappa shape index (κ1) is 15.4. The van der Waals surface area contributed by atoms with Gasteiger partial charge in [0.05, 0.1) is 12.7 Å². The number of hydrogen-bond acceptors (Lipinski definition) is 3. The third kappa shape index (κ3) is 2.77. The molecular formula is C19H22N2O2. The lowest BCUT2D eigenvalue weighted by atomic mass is 10.0. The number of carbonyl (C=O) groups is 1. The molecule has 0 aromatic heterocycles. The van der Waals surface area contributed by atoms with Crippen molar-refractivity contribution in [3.63, 3.8) is 0 Å². The van der Waals surface area contributed by atoms with Crippen LogP contribution in [0.1, 0.15) is 42.4 Å². The highest BCUT2D eigenvalue weighted by molar-refractivity contribution is 6.01. The predicted octanol–water partition coefficient (Wildman–Crippen LogP) is 4.06. The van der Waals surface area contributed by atoms with E-state index >= 15 is 0 Å². The number of nitrogens with zero attached hydrogens (tertiary/aromatic N) is 1. The number of para-hydroxylation sites is 1. The maximum absolute atomic E-state index is 13.0. The fourth-order valence-corrected chi connectivity index (χ4v) is 2.98. The summed E-state index contributed by atoms with van der Waals surface area (Å²) in [5.41, 5.74) is 2.63. The Labute approximate surface area is 137 Å². The lowest BCUT2D eigenvalue weighted by Crippen LogP contribution is -2.47. The summed E-state index contributed by atoms with van der Waals surface area (Å²) in [6.07, 6.45) is 0.707. The molecule has 23 heavy (non-hydrogen) atoms. The van der Waals surface area contributed by atoms with E-state index in [-0.39, 0.29) is 18.1 Å². The summed E-state index contributed by atoms with van der Waals surface area (Å²) < 4.78 is 5.33. The van der Waals surface area contributed by atoms with Crippen molar-refractivity contribution in [2.45, 2.75) is 32.5 Å². The van der Waals surface area contributed by atoms with E-state index in [0.29, 0.717) is 0 Å². The van der Waals surface area contributed by atoms with E-state index in [1.807, 2.05) is 53.4 Å². The highest BCUT2D eigenvalue weighted by Gasteiger charge is 2.35. The van der Waals surface area contributed by atoms with Crippen LogP contribution in [0.3, 0.4) is 0 Å². The van der Waals surface area contributed by atoms with Crippen LogP contribution in [-0.4, -0.2) is 24.0 Å². The van der Waals surface area contributed by atoms with E-state index in [1.54, 1.807) is 7.11 Å². The van der Waals surface area contributed by atoms with Crippen LogP contribution in [0.4, 0.5) is 5.69 Å². The zero-order chi connectivity index (χ0) is 16.4. The van der Waals surface area contributed by atoms with Gasteiger partial charge in [-0.05, 0) is 43.2 Å². The maximum atomic E-state index is 13.0. The summed E-state index contributed by atoms with van der Waals surface area (Å²) in [7, 11) is 1.65. The third-order valence-corrected chi connectivity index (χ3v) is 4.44. The second kappa shape index (κ2) is 6.32. The topological polar surface area (TPSA) is 41.6 Å². The Bertz CT molecular complexity index is 714. The fourth-order valence-electron chi connectivity index (χ4n) is 2.98. The van der Waals surface area contributed by atoms with Gasteiger partial charge in [-0.15, -0.1) is 0 Å². The van der Waals surface area contributed by atoms with Crippen LogP contribution in [0, 0.1) is 0 Å². The number of fused-ring (bicyclic) bond motifs is 1. The molecule has 120 valence electrons. The first-order chi connectivity index (χ1) is 11.2. The zero-order valence-electron chi connectivity index (χ0n) is 13.7. The molecule has 0 aliphatic carbocycles. The molecular weight excluding hydrogens is 288 g/mol. The average Bonchev–Trinajstić information content (AvgIpc) is 2.61. The molecule has 4 nitrogen and oxygen atoms in total. The Morgan fingerprint density at radius 1 is 1.22 bits per heavy atom. The van der Waals surface area contributed by atoms with Gasteiger partial charge in [-0.2, -0.15) is 0 Å². The molecule has 2 atom stereocenters. The van der Waals surface area contributed by atoms with Crippen LogP contribution in [0.5, 0.6) is 5.75 Å². The van der Waals surface area contributed by atoms with Crippen molar-refractivity contribution < 1.29 is 9.53 Å². The second-order valence-corrected chi connectivity index (χ2v) is 5.84. The standard InChI is InChI=1S/C19H22N2O2/c1-4-13(2)21-18(14-8-7-9-15(12-14)23-3)20-17-11-6-5-10-16(17)19(21)22/h5-13,18,20H,4H2,1-3H3/t13-,18-/m1/s1. The lowest BCUT2D eigenvalue weighted by molar-refractivity contribution is 0.0593. The molecule has 0 saturated carbocycles. The van der Waals surface area contributed by atoms with Crippen LogP contribution in [-0.2, 0) is 0 Å². The number of anilines is 1. The van der Waals surface area contributed by atoms with E-state index in [2.05, 4.69) is 19.2 Å². The van der Waals surface area contributed by atoms with Gasteiger partial charge in [0.1, 0.15) is 11.9 Å². The summed E-state index contributed by atoms with van der Waals surface area (Å²) in [6, 6.07) is 15.7. The van der Waals surface area contributed by atoms with Crippen molar-refractivity contribution in [1.82, 2.24) is 4.90 Å². The molecule has 1 aliphatic heterocycles. The highest BCUT2D eigenvalue weighted by atomic mass is 16.5. The molecule has 0 bridgehead atoms. The molecule has 0 radical (unpaired) electrons. The Hall–Kier alpha value is -2.49. The molecule has 1 N–H and O–H groups in total. The van der Waals surface area contributed by atoms with Gasteiger partial charge in [0.2, 0.25) is 0 Å². The van der Waals surface area contributed by atoms with Crippen molar-refractivity contribution in [3.8, 4) is 5.75 Å². The Morgan fingerprint density at radius 3 is 2.74 bits per heavy atom. The van der Waals surface area contributed by atoms with E-state index < -0.39 is 0 Å². The largest absolute Gasteiger partial charge is 0.497 e. The molecule has 2 aromatic rings. The number of carbonyl (C=O) groups excluding carboxylic acids is 1. The average molecular weight is 310 g/mol. The number of benzene rings is 2. The SMILES string of the molecule is CC[C@@H](C)N1C(=O)c2ccccc2N[C@H]1c1cccc(OC)c1. The predicted molar refractivity (Wildman–Crippen MR) is 91.7 cm³/mol. The smallest absolute Gasteiger partial charge is 0.258 e. The van der Waals surface area contributed by atoms with Crippen molar-refractivity contribution in [3.05, 3.63) is 59.7 Å². The van der Waals surface area contributed by atoms with Crippen LogP contribution >= 0.6 is 0 Å². The molecule has 4 heteroatoms. The number of nitrogens with one attached hydrogen (secondary N) is 1. The van der Waals surface area contributed by atoms with Crippen LogP contribution in [0.2, 0.25) is 0 Å². The van der Waals surface area contributed by atoms with Crippen LogP contribution < -0.4 is 10.1 Å². The highest BCUT2D eigenvalue weighted by Crippen LogP contribution is 2.35. The van der Waals surface area contributed by atoms with Crippen molar-refractivity contribution >= 4 is 11.6 Å². The molecule has 0 saturated heterocycles. The molecule has 0 spiro atoms. The van der Waals surface area contributed by atoms with Crippen LogP contribution in [0.15, 0.2) is 48.5 Å². The Morgan fingerprint density at radius 2 is 2.00 bits per heavy atom. The van der Waals surface area contributed by atoms with Crippen molar-refractivity contribution in [1.29, 1.82) is 0 Å². The molecule has 0 unspecified atom stereocenters. The van der Waals surface area contributed by atoms with Crippen molar-refractivity contribution in [2.75, 3.05) is 12.4 Å². The van der Waals surface area contributed by atoms with Gasteiger partial charge < -0.3 is 15.0 Å². The third-order valence-electron chi connectivity index (χ3n) is 4.44. The van der Waals surface area contributed by atoms with Gasteiger partial charge in [-0.3, -0.25) is 4.79 Å². The summed E-state index contributed by atoms with van der Waals surface area (Å²) in [6.45, 7) is 4.18. The molecule has 0 fully saturated rings. The van der Waals surface area contributed by atoms with Gasteiger partial charge in [-0.1, -0.05) is 31.2 Å². The number of rotatable bonds is 4. The van der Waals surface area contributed by atoms with E-state index in [1.165, 1.54) is 0 Å². The zero-order valence-corrected chi connectivity index (χ0v) is 13.7. The minimum atomic E-state index is -0.192. The van der Waals surface area contributed by atoms with Gasteiger partial charge in [0.15, 0.2) is 0 Å². The van der Waals surface area contributed by atoms with E-state index in [0.717, 1.165) is 29.0 Å². The first-order valence-electron chi connectivity index (χ1n) is 7.98. The van der Waals surface area contributed by atoms with Crippen molar-refractivity contribution in [2.24, 2.45) is 0 Å². The van der Waals surface area contributed by atoms with Gasteiger partial charge in [0.25, 0.3) is 5.91 Å². The monoisotopic (exact) mass is 310 g/mol. The summed E-state index contributed by atoms with van der Waals surface area (Å²) in [4.78, 5) is 14.9. The second-order valence-electron chi connectivity index (χ2n) is 5.84. The minimum absolute atomic E-state index is 0.0709. The maximum Gasteiger partial charge on any atom is 0.258 e. The number of methoxy groups -OCH3 is 1. The summed E-state index contributed by atoms with van der Waals surface area (Å²) >= 11 is 0. The Kier molecular flexibility index (Phi) is 4.24. The van der Waals surface area contributed by atoms with Gasteiger partial charge in [-0.25, -0.2) is 0 Å². The first-order valence-corrected chi connectivity index (χ1v) is 7.98. The van der Waals surface area contributed by atoms with Crippen LogP contribution in [0.25, 0.3) is 0 Å². The Balaban J connectivity index is 2.07. The molecule has 2 aromatic carbocycles. The normalized spacial score (nSPS) is 18.1. The number of ether oxygens (including phenoxy) is 1.